The number of nitrogens with one attached hydrogen (secondary N) is 1. The Kier molecular flexibility index (Phi) is 5.12. The minimum Gasteiger partial charge on any atom is -0.321 e. The van der Waals surface area contributed by atoms with Gasteiger partial charge in [-0.3, -0.25) is 4.79 Å². The molecule has 0 bridgehead atoms. The number of carbonyl (C=O) groups is 2. The summed E-state index contributed by atoms with van der Waals surface area (Å²) < 4.78 is 14.7. The largest absolute Gasteiger partial charge is 0.346 e. The van der Waals surface area contributed by atoms with Crippen LogP contribution in [-0.4, -0.2) is 38.5 Å². The molecule has 1 aromatic carbocycles. The summed E-state index contributed by atoms with van der Waals surface area (Å²) in [6.07, 6.45) is 5.55. The Morgan fingerprint density at radius 3 is 2.62 bits per heavy atom. The van der Waals surface area contributed by atoms with Crippen LogP contribution in [0.1, 0.15) is 48.9 Å². The summed E-state index contributed by atoms with van der Waals surface area (Å²) in [4.78, 5) is 25.1. The highest BCUT2D eigenvalue weighted by Crippen LogP contribution is 2.33. The van der Waals surface area contributed by atoms with Crippen LogP contribution in [-0.2, 0) is 11.3 Å². The van der Waals surface area contributed by atoms with Gasteiger partial charge in [-0.15, -0.1) is 5.01 Å². The van der Waals surface area contributed by atoms with E-state index in [1.165, 1.54) is 18.3 Å². The van der Waals surface area contributed by atoms with Crippen molar-refractivity contribution in [2.75, 3.05) is 0 Å². The highest BCUT2D eigenvalue weighted by Gasteiger charge is 2.51. The highest BCUT2D eigenvalue weighted by atomic mass is 35.5. The van der Waals surface area contributed by atoms with Crippen LogP contribution >= 0.6 is 11.6 Å². The van der Waals surface area contributed by atoms with E-state index in [-0.39, 0.29) is 11.7 Å². The minimum absolute atomic E-state index is 0.311. The zero-order chi connectivity index (χ0) is 20.6. The van der Waals surface area contributed by atoms with Gasteiger partial charge in [0.2, 0.25) is 0 Å². The summed E-state index contributed by atoms with van der Waals surface area (Å²) in [7, 11) is 0. The molecule has 0 unspecified atom stereocenters. The Bertz CT molecular complexity index is 980. The first-order valence-electron chi connectivity index (χ1n) is 9.58. The van der Waals surface area contributed by atoms with Crippen LogP contribution in [0.25, 0.3) is 0 Å². The Morgan fingerprint density at radius 1 is 1.24 bits per heavy atom. The molecule has 29 heavy (non-hydrogen) atoms. The number of halogens is 2. The molecule has 1 N–H and O–H groups in total. The predicted molar refractivity (Wildman–Crippen MR) is 106 cm³/mol. The first kappa shape index (κ1) is 19.6. The third-order valence-corrected chi connectivity index (χ3v) is 5.90. The molecule has 0 atom stereocenters. The lowest BCUT2D eigenvalue weighted by atomic mass is 9.82. The molecule has 0 radical (unpaired) electrons. The maximum Gasteiger partial charge on any atom is 0.346 e. The van der Waals surface area contributed by atoms with Crippen molar-refractivity contribution in [1.29, 1.82) is 0 Å². The van der Waals surface area contributed by atoms with Gasteiger partial charge in [0.05, 0.1) is 24.0 Å². The molecule has 1 aliphatic heterocycles. The number of nitrogens with zero attached hydrogens (tertiary/aromatic N) is 4. The van der Waals surface area contributed by atoms with Crippen molar-refractivity contribution in [3.05, 3.63) is 52.1 Å². The van der Waals surface area contributed by atoms with Crippen LogP contribution in [0.4, 0.5) is 9.18 Å². The van der Waals surface area contributed by atoms with Crippen LogP contribution in [0.3, 0.4) is 0 Å². The summed E-state index contributed by atoms with van der Waals surface area (Å²) in [5.41, 5.74) is 1.16. The van der Waals surface area contributed by atoms with Gasteiger partial charge in [0.15, 0.2) is 0 Å². The number of hydrazone groups is 1. The van der Waals surface area contributed by atoms with Crippen molar-refractivity contribution in [1.82, 2.24) is 20.1 Å². The van der Waals surface area contributed by atoms with Crippen molar-refractivity contribution in [2.45, 2.75) is 51.1 Å². The number of imide groups is 1. The van der Waals surface area contributed by atoms with Crippen molar-refractivity contribution in [3.63, 3.8) is 0 Å². The molecule has 1 spiro atoms. The van der Waals surface area contributed by atoms with Gasteiger partial charge in [-0.1, -0.05) is 43.0 Å². The Balaban J connectivity index is 1.54. The van der Waals surface area contributed by atoms with E-state index >= 15 is 0 Å². The first-order valence-corrected chi connectivity index (χ1v) is 9.95. The van der Waals surface area contributed by atoms with Crippen LogP contribution in [0.15, 0.2) is 29.4 Å². The zero-order valence-electron chi connectivity index (χ0n) is 16.0. The molecule has 2 aliphatic rings. The van der Waals surface area contributed by atoms with E-state index in [4.69, 9.17) is 11.6 Å². The predicted octanol–water partition coefficient (Wildman–Crippen LogP) is 3.62. The molecule has 1 aliphatic carbocycles. The molecule has 3 amide bonds. The third kappa shape index (κ3) is 3.64. The van der Waals surface area contributed by atoms with Crippen LogP contribution < -0.4 is 5.32 Å². The molecule has 2 fully saturated rings. The lowest BCUT2D eigenvalue weighted by Crippen LogP contribution is -2.48. The molecular formula is C20H21ClFN5O2. The molecule has 1 saturated heterocycles. The molecule has 2 aromatic rings. The fraction of sp³-hybridized carbons (Fsp3) is 0.400. The summed E-state index contributed by atoms with van der Waals surface area (Å²) in [5, 5.41) is 12.5. The highest BCUT2D eigenvalue weighted by molar-refractivity contribution is 6.32. The molecule has 9 heteroatoms. The lowest BCUT2D eigenvalue weighted by Gasteiger charge is -2.29. The van der Waals surface area contributed by atoms with E-state index in [2.05, 4.69) is 15.5 Å². The summed E-state index contributed by atoms with van der Waals surface area (Å²) in [6, 6.07) is 5.56. The van der Waals surface area contributed by atoms with Crippen LogP contribution in [0.2, 0.25) is 5.15 Å². The van der Waals surface area contributed by atoms with Crippen LogP contribution in [0.5, 0.6) is 0 Å². The molecule has 7 nitrogen and oxygen atoms in total. The van der Waals surface area contributed by atoms with E-state index in [1.807, 2.05) is 0 Å². The van der Waals surface area contributed by atoms with E-state index in [1.54, 1.807) is 23.7 Å². The number of benzene rings is 1. The number of urea groups is 1. The van der Waals surface area contributed by atoms with Crippen LogP contribution in [0, 0.1) is 12.7 Å². The van der Waals surface area contributed by atoms with Crippen molar-refractivity contribution < 1.29 is 14.0 Å². The smallest absolute Gasteiger partial charge is 0.321 e. The standard InChI is InChI=1S/C20H21ClFN5O2/c1-13-16(17(21)26(25-13)12-14-5-7-15(22)8-6-14)11-23-27-18(28)20(24-19(27)29)9-3-2-4-10-20/h5-8,11H,2-4,9-10,12H2,1H3,(H,24,29)/b23-11-. The van der Waals surface area contributed by atoms with Gasteiger partial charge >= 0.3 is 6.03 Å². The third-order valence-electron chi connectivity index (χ3n) is 5.50. The van der Waals surface area contributed by atoms with Gasteiger partial charge in [-0.2, -0.15) is 10.2 Å². The van der Waals surface area contributed by atoms with E-state index in [9.17, 15) is 14.0 Å². The van der Waals surface area contributed by atoms with Crippen molar-refractivity contribution in [3.8, 4) is 0 Å². The number of hydrogen-bond donors (Lipinski definition) is 1. The quantitative estimate of drug-likeness (QED) is 0.609. The number of amides is 3. The summed E-state index contributed by atoms with van der Waals surface area (Å²) >= 11 is 6.44. The van der Waals surface area contributed by atoms with Gasteiger partial charge in [0.1, 0.15) is 16.5 Å². The fourth-order valence-electron chi connectivity index (χ4n) is 3.90. The lowest BCUT2D eigenvalue weighted by molar-refractivity contribution is -0.132. The van der Waals surface area contributed by atoms with E-state index < -0.39 is 11.6 Å². The number of aromatic nitrogens is 2. The minimum atomic E-state index is -0.821. The maximum absolute atomic E-state index is 13.1. The van der Waals surface area contributed by atoms with Gasteiger partial charge < -0.3 is 5.32 Å². The monoisotopic (exact) mass is 417 g/mol. The molecule has 2 heterocycles. The SMILES string of the molecule is Cc1nn(Cc2ccc(F)cc2)c(Cl)c1/C=N\N1C(=O)NC2(CCCCC2)C1=O. The Hall–Kier alpha value is -2.74. The van der Waals surface area contributed by atoms with Gasteiger partial charge in [-0.25, -0.2) is 13.9 Å². The second-order valence-corrected chi connectivity index (χ2v) is 7.87. The van der Waals surface area contributed by atoms with Crippen molar-refractivity contribution >= 4 is 29.8 Å². The molecule has 1 aromatic heterocycles. The zero-order valence-corrected chi connectivity index (χ0v) is 16.7. The molecule has 1 saturated carbocycles. The van der Waals surface area contributed by atoms with E-state index in [0.29, 0.717) is 35.8 Å². The Morgan fingerprint density at radius 2 is 1.93 bits per heavy atom. The second kappa shape index (κ2) is 7.59. The normalized spacial score (nSPS) is 18.8. The van der Waals surface area contributed by atoms with Gasteiger partial charge in [0, 0.05) is 0 Å². The maximum atomic E-state index is 13.1. The number of hydrogen-bond acceptors (Lipinski definition) is 4. The average molecular weight is 418 g/mol. The molecular weight excluding hydrogens is 397 g/mol. The number of rotatable bonds is 4. The Labute approximate surface area is 172 Å². The number of carbonyl (C=O) groups excluding carboxylic acids is 2. The van der Waals surface area contributed by atoms with Gasteiger partial charge in [-0.05, 0) is 37.5 Å². The first-order chi connectivity index (χ1) is 13.9. The fourth-order valence-corrected chi connectivity index (χ4v) is 4.19. The second-order valence-electron chi connectivity index (χ2n) is 7.51. The van der Waals surface area contributed by atoms with Crippen molar-refractivity contribution in [2.24, 2.45) is 5.10 Å². The summed E-state index contributed by atoms with van der Waals surface area (Å²) in [5.74, 6) is -0.625. The topological polar surface area (TPSA) is 79.6 Å². The number of aryl methyl sites for hydroxylation is 1. The average Bonchev–Trinajstić information content (AvgIpc) is 3.09. The molecule has 152 valence electrons. The van der Waals surface area contributed by atoms with E-state index in [0.717, 1.165) is 29.8 Å². The molecule has 4 rings (SSSR count). The van der Waals surface area contributed by atoms with Gasteiger partial charge in [0.25, 0.3) is 5.91 Å². The summed E-state index contributed by atoms with van der Waals surface area (Å²) in [6.45, 7) is 2.13.